The fourth-order valence-electron chi connectivity index (χ4n) is 4.53. The zero-order valence-electron chi connectivity index (χ0n) is 20.2. The summed E-state index contributed by atoms with van der Waals surface area (Å²) in [5.74, 6) is 0.119. The summed E-state index contributed by atoms with van der Waals surface area (Å²) in [6.07, 6.45) is 1.94. The third-order valence-corrected chi connectivity index (χ3v) is 8.67. The Bertz CT molecular complexity index is 1440. The number of carbonyl (C=O) groups excluding carboxylic acids is 2. The van der Waals surface area contributed by atoms with Crippen molar-refractivity contribution < 1.29 is 14.0 Å². The van der Waals surface area contributed by atoms with Crippen molar-refractivity contribution in [3.05, 3.63) is 88.6 Å². The van der Waals surface area contributed by atoms with Crippen LogP contribution in [0.2, 0.25) is 0 Å². The normalized spacial score (nSPS) is 17.4. The second-order valence-electron chi connectivity index (χ2n) is 9.37. The number of anilines is 1. The molecule has 9 heteroatoms. The minimum Gasteiger partial charge on any atom is -0.352 e. The number of thioether (sulfide) groups is 1. The molecule has 0 bridgehead atoms. The van der Waals surface area contributed by atoms with Gasteiger partial charge in [-0.1, -0.05) is 35.9 Å². The first-order chi connectivity index (χ1) is 18.0. The Hall–Kier alpha value is -3.43. The number of thiophene rings is 1. The van der Waals surface area contributed by atoms with Crippen LogP contribution in [0.25, 0.3) is 16.3 Å². The second-order valence-corrected chi connectivity index (χ2v) is 11.4. The van der Waals surface area contributed by atoms with E-state index in [0.29, 0.717) is 5.82 Å². The Balaban J connectivity index is 1.58. The van der Waals surface area contributed by atoms with Crippen molar-refractivity contribution in [3.63, 3.8) is 0 Å². The highest BCUT2D eigenvalue weighted by molar-refractivity contribution is 8.00. The van der Waals surface area contributed by atoms with Crippen molar-refractivity contribution in [2.24, 2.45) is 0 Å². The van der Waals surface area contributed by atoms with Gasteiger partial charge >= 0.3 is 0 Å². The van der Waals surface area contributed by atoms with Crippen LogP contribution in [0.1, 0.15) is 34.8 Å². The Morgan fingerprint density at radius 3 is 2.54 bits per heavy atom. The minimum absolute atomic E-state index is 0.0829. The van der Waals surface area contributed by atoms with Gasteiger partial charge < -0.3 is 5.32 Å². The quantitative estimate of drug-likeness (QED) is 0.356. The van der Waals surface area contributed by atoms with Crippen LogP contribution in [0, 0.1) is 12.7 Å². The van der Waals surface area contributed by atoms with E-state index in [4.69, 9.17) is 5.10 Å². The molecule has 2 aromatic carbocycles. The van der Waals surface area contributed by atoms with Crippen LogP contribution in [0.5, 0.6) is 0 Å². The number of aryl methyl sites for hydroxylation is 1. The van der Waals surface area contributed by atoms with E-state index in [-0.39, 0.29) is 41.2 Å². The molecule has 188 valence electrons. The molecule has 0 saturated heterocycles. The maximum absolute atomic E-state index is 13.8. The van der Waals surface area contributed by atoms with E-state index >= 15 is 0 Å². The Morgan fingerprint density at radius 1 is 1.11 bits per heavy atom. The number of carbonyl (C=O) groups is 2. The third-order valence-electron chi connectivity index (χ3n) is 6.54. The van der Waals surface area contributed by atoms with Gasteiger partial charge in [-0.15, -0.1) is 23.1 Å². The number of rotatable bonds is 6. The van der Waals surface area contributed by atoms with E-state index in [1.54, 1.807) is 33.1 Å². The molecule has 3 heterocycles. The molecule has 2 aliphatic rings. The average Bonchev–Trinajstić information content (AvgIpc) is 3.41. The van der Waals surface area contributed by atoms with Crippen LogP contribution in [-0.4, -0.2) is 39.9 Å². The summed E-state index contributed by atoms with van der Waals surface area (Å²) >= 11 is 3.05. The molecule has 37 heavy (non-hydrogen) atoms. The van der Waals surface area contributed by atoms with Crippen LogP contribution >= 0.6 is 23.1 Å². The lowest BCUT2D eigenvalue weighted by Crippen LogP contribution is -2.43. The fraction of sp³-hybridized carbons (Fsp3) is 0.250. The molecule has 6 nitrogen and oxygen atoms in total. The van der Waals surface area contributed by atoms with Gasteiger partial charge in [0.25, 0.3) is 0 Å². The molecule has 4 aromatic rings. The number of hydrogen-bond acceptors (Lipinski definition) is 5. The molecule has 1 N–H and O–H groups in total. The zero-order valence-corrected chi connectivity index (χ0v) is 21.8. The summed E-state index contributed by atoms with van der Waals surface area (Å²) in [5.41, 5.74) is 4.40. The molecule has 2 amide bonds. The van der Waals surface area contributed by atoms with Gasteiger partial charge in [-0.05, 0) is 61.0 Å². The van der Waals surface area contributed by atoms with Gasteiger partial charge in [0.1, 0.15) is 23.9 Å². The van der Waals surface area contributed by atoms with Crippen LogP contribution in [-0.2, 0) is 9.59 Å². The average molecular weight is 533 g/mol. The number of halogens is 1. The number of fused-ring (bicyclic) bond motifs is 1. The maximum Gasteiger partial charge on any atom is 0.240 e. The SMILES string of the molecule is Cc1ccc(-n2nc(-c3cccs3)c3c2N(CC(=O)NC2CC2)C(=O)CS[C@H]3c2ccc(F)cc2)cc1. The molecule has 2 aromatic heterocycles. The van der Waals surface area contributed by atoms with Crippen LogP contribution < -0.4 is 10.2 Å². The van der Waals surface area contributed by atoms with E-state index in [0.717, 1.165) is 45.8 Å². The van der Waals surface area contributed by atoms with Gasteiger partial charge in [0.05, 0.1) is 21.6 Å². The van der Waals surface area contributed by atoms with E-state index in [1.807, 2.05) is 48.7 Å². The monoisotopic (exact) mass is 532 g/mol. The van der Waals surface area contributed by atoms with E-state index < -0.39 is 0 Å². The van der Waals surface area contributed by atoms with Gasteiger partial charge in [0.2, 0.25) is 11.8 Å². The van der Waals surface area contributed by atoms with Crippen molar-refractivity contribution in [1.82, 2.24) is 15.1 Å². The van der Waals surface area contributed by atoms with Gasteiger partial charge in [-0.3, -0.25) is 14.5 Å². The van der Waals surface area contributed by atoms with Gasteiger partial charge in [-0.25, -0.2) is 9.07 Å². The molecular formula is C28H25FN4O2S2. The van der Waals surface area contributed by atoms with Crippen molar-refractivity contribution in [2.75, 3.05) is 17.2 Å². The molecule has 0 spiro atoms. The molecule has 1 aliphatic heterocycles. The van der Waals surface area contributed by atoms with Crippen LogP contribution in [0.4, 0.5) is 10.2 Å². The summed E-state index contributed by atoms with van der Waals surface area (Å²) in [5, 5.41) is 9.79. The summed E-state index contributed by atoms with van der Waals surface area (Å²) < 4.78 is 15.6. The predicted molar refractivity (Wildman–Crippen MR) is 146 cm³/mol. The van der Waals surface area contributed by atoms with Crippen molar-refractivity contribution in [1.29, 1.82) is 0 Å². The molecular weight excluding hydrogens is 507 g/mol. The zero-order chi connectivity index (χ0) is 25.5. The summed E-state index contributed by atoms with van der Waals surface area (Å²) in [7, 11) is 0. The molecule has 1 saturated carbocycles. The highest BCUT2D eigenvalue weighted by Gasteiger charge is 2.38. The molecule has 1 fully saturated rings. The fourth-order valence-corrected chi connectivity index (χ4v) is 6.45. The first kappa shape index (κ1) is 23.9. The smallest absolute Gasteiger partial charge is 0.240 e. The molecule has 0 unspecified atom stereocenters. The lowest BCUT2D eigenvalue weighted by molar-refractivity contribution is -0.123. The second kappa shape index (κ2) is 9.79. The molecule has 1 aliphatic carbocycles. The Labute approximate surface area is 222 Å². The molecule has 0 radical (unpaired) electrons. The van der Waals surface area contributed by atoms with Gasteiger partial charge in [0.15, 0.2) is 0 Å². The Morgan fingerprint density at radius 2 is 1.86 bits per heavy atom. The van der Waals surface area contributed by atoms with Crippen LogP contribution in [0.3, 0.4) is 0 Å². The number of benzene rings is 2. The van der Waals surface area contributed by atoms with Crippen molar-refractivity contribution >= 4 is 40.7 Å². The lowest BCUT2D eigenvalue weighted by Gasteiger charge is -2.23. The number of nitrogens with zero attached hydrogens (tertiary/aromatic N) is 3. The maximum atomic E-state index is 13.8. The number of amides is 2. The minimum atomic E-state index is -0.314. The van der Waals surface area contributed by atoms with Gasteiger partial charge in [0, 0.05) is 11.6 Å². The van der Waals surface area contributed by atoms with Crippen molar-refractivity contribution in [2.45, 2.75) is 31.1 Å². The highest BCUT2D eigenvalue weighted by Crippen LogP contribution is 2.49. The standard InChI is InChI=1S/C28H25FN4O2S2/c1-17-4-12-21(13-5-17)33-28-25(26(31-33)22-3-2-14-36-22)27(18-6-8-19(29)9-7-18)37-16-24(35)32(28)15-23(34)30-20-10-11-20/h2-9,12-14,20,27H,10-11,15-16H2,1H3,(H,30,34)/t27-/m0/s1. The molecule has 1 atom stereocenters. The number of hydrogen-bond donors (Lipinski definition) is 1. The molecule has 6 rings (SSSR count). The summed E-state index contributed by atoms with van der Waals surface area (Å²) in [4.78, 5) is 29.1. The van der Waals surface area contributed by atoms with E-state index in [2.05, 4.69) is 5.32 Å². The third kappa shape index (κ3) is 4.81. The number of aromatic nitrogens is 2. The van der Waals surface area contributed by atoms with Crippen molar-refractivity contribution in [3.8, 4) is 16.3 Å². The highest BCUT2D eigenvalue weighted by atomic mass is 32.2. The Kier molecular flexibility index (Phi) is 6.34. The van der Waals surface area contributed by atoms with Gasteiger partial charge in [-0.2, -0.15) is 5.10 Å². The lowest BCUT2D eigenvalue weighted by atomic mass is 10.0. The largest absolute Gasteiger partial charge is 0.352 e. The first-order valence-electron chi connectivity index (χ1n) is 12.2. The summed E-state index contributed by atoms with van der Waals surface area (Å²) in [6.45, 7) is 1.93. The summed E-state index contributed by atoms with van der Waals surface area (Å²) in [6, 6.07) is 18.5. The predicted octanol–water partition coefficient (Wildman–Crippen LogP) is 5.50. The first-order valence-corrected chi connectivity index (χ1v) is 14.1. The van der Waals surface area contributed by atoms with E-state index in [9.17, 15) is 14.0 Å². The van der Waals surface area contributed by atoms with E-state index in [1.165, 1.54) is 23.9 Å². The topological polar surface area (TPSA) is 67.2 Å². The number of nitrogens with one attached hydrogen (secondary N) is 1. The van der Waals surface area contributed by atoms with Crippen LogP contribution in [0.15, 0.2) is 66.0 Å².